The highest BCUT2D eigenvalue weighted by atomic mass is 32.2. The van der Waals surface area contributed by atoms with E-state index in [0.29, 0.717) is 5.69 Å². The Morgan fingerprint density at radius 1 is 1.44 bits per heavy atom. The van der Waals surface area contributed by atoms with Crippen LogP contribution in [0.2, 0.25) is 0 Å². The van der Waals surface area contributed by atoms with E-state index in [4.69, 9.17) is 10.2 Å². The third-order valence-electron chi connectivity index (χ3n) is 2.40. The number of aromatic carboxylic acids is 1. The third kappa shape index (κ3) is 1.69. The van der Waals surface area contributed by atoms with Gasteiger partial charge in [0.15, 0.2) is 15.5 Å². The van der Waals surface area contributed by atoms with Gasteiger partial charge in [-0.15, -0.1) is 0 Å². The van der Waals surface area contributed by atoms with E-state index in [1.54, 1.807) is 0 Å². The van der Waals surface area contributed by atoms with Crippen molar-refractivity contribution in [3.8, 4) is 0 Å². The molecule has 1 aromatic rings. The highest BCUT2D eigenvalue weighted by Crippen LogP contribution is 2.27. The van der Waals surface area contributed by atoms with Gasteiger partial charge in [0.2, 0.25) is 0 Å². The summed E-state index contributed by atoms with van der Waals surface area (Å²) in [4.78, 5) is 10.9. The van der Waals surface area contributed by atoms with Crippen molar-refractivity contribution in [2.45, 2.75) is 18.1 Å². The molecular formula is C8H10N2O5S. The van der Waals surface area contributed by atoms with Crippen LogP contribution in [-0.4, -0.2) is 41.0 Å². The second-order valence-electron chi connectivity index (χ2n) is 3.56. The molecule has 1 aromatic heterocycles. The number of rotatable bonds is 3. The molecule has 0 aliphatic carbocycles. The second kappa shape index (κ2) is 3.56. The van der Waals surface area contributed by atoms with E-state index in [1.807, 2.05) is 0 Å². The molecule has 0 fully saturated rings. The Morgan fingerprint density at radius 3 is 2.69 bits per heavy atom. The SMILES string of the molecule is O=C(O)c1nn(CCO)c2c1CS(=O)(=O)C2. The highest BCUT2D eigenvalue weighted by molar-refractivity contribution is 7.90. The van der Waals surface area contributed by atoms with Crippen molar-refractivity contribution in [2.24, 2.45) is 0 Å². The van der Waals surface area contributed by atoms with Crippen LogP contribution in [0.15, 0.2) is 0 Å². The smallest absolute Gasteiger partial charge is 0.356 e. The monoisotopic (exact) mass is 246 g/mol. The Kier molecular flexibility index (Phi) is 2.47. The molecule has 16 heavy (non-hydrogen) atoms. The molecule has 1 aliphatic heterocycles. The van der Waals surface area contributed by atoms with E-state index in [2.05, 4.69) is 5.10 Å². The van der Waals surface area contributed by atoms with E-state index >= 15 is 0 Å². The van der Waals surface area contributed by atoms with E-state index in [1.165, 1.54) is 4.68 Å². The molecule has 0 radical (unpaired) electrons. The summed E-state index contributed by atoms with van der Waals surface area (Å²) in [5.74, 6) is -1.73. The van der Waals surface area contributed by atoms with Crippen LogP contribution in [0, 0.1) is 0 Å². The van der Waals surface area contributed by atoms with Crippen LogP contribution in [-0.2, 0) is 27.9 Å². The Labute approximate surface area is 91.2 Å². The molecule has 8 heteroatoms. The molecule has 0 saturated carbocycles. The van der Waals surface area contributed by atoms with Crippen LogP contribution in [0.1, 0.15) is 21.7 Å². The maximum Gasteiger partial charge on any atom is 0.356 e. The number of hydrogen-bond acceptors (Lipinski definition) is 5. The molecule has 7 nitrogen and oxygen atoms in total. The van der Waals surface area contributed by atoms with Crippen molar-refractivity contribution in [3.05, 3.63) is 17.0 Å². The van der Waals surface area contributed by atoms with Gasteiger partial charge in [-0.05, 0) is 0 Å². The Bertz CT molecular complexity index is 545. The van der Waals surface area contributed by atoms with Gasteiger partial charge in [0, 0.05) is 5.56 Å². The largest absolute Gasteiger partial charge is 0.476 e. The number of aliphatic hydroxyl groups is 1. The van der Waals surface area contributed by atoms with E-state index in [-0.39, 0.29) is 35.9 Å². The normalized spacial score (nSPS) is 17.3. The molecule has 0 unspecified atom stereocenters. The maximum atomic E-state index is 11.4. The van der Waals surface area contributed by atoms with Gasteiger partial charge in [-0.2, -0.15) is 5.10 Å². The molecule has 0 bridgehead atoms. The van der Waals surface area contributed by atoms with Crippen molar-refractivity contribution in [2.75, 3.05) is 6.61 Å². The third-order valence-corrected chi connectivity index (χ3v) is 3.84. The quantitative estimate of drug-likeness (QED) is 0.708. The molecule has 2 rings (SSSR count). The Balaban J connectivity index is 2.54. The fourth-order valence-corrected chi connectivity index (χ4v) is 3.36. The molecule has 2 N–H and O–H groups in total. The van der Waals surface area contributed by atoms with Gasteiger partial charge in [0.25, 0.3) is 0 Å². The first kappa shape index (κ1) is 11.1. The number of carboxylic acids is 1. The van der Waals surface area contributed by atoms with Crippen LogP contribution in [0.3, 0.4) is 0 Å². The summed E-state index contributed by atoms with van der Waals surface area (Å²) in [5.41, 5.74) is 0.400. The molecule has 0 saturated heterocycles. The fourth-order valence-electron chi connectivity index (χ4n) is 1.78. The minimum atomic E-state index is -3.26. The van der Waals surface area contributed by atoms with Gasteiger partial charge < -0.3 is 10.2 Å². The van der Waals surface area contributed by atoms with Crippen molar-refractivity contribution in [1.82, 2.24) is 9.78 Å². The first-order valence-corrected chi connectivity index (χ1v) is 6.40. The maximum absolute atomic E-state index is 11.4. The number of fused-ring (bicyclic) bond motifs is 1. The summed E-state index contributed by atoms with van der Waals surface area (Å²) in [6.07, 6.45) is 0. The predicted molar refractivity (Wildman–Crippen MR) is 52.6 cm³/mol. The average Bonchev–Trinajstić information content (AvgIpc) is 2.61. The number of aromatic nitrogens is 2. The van der Waals surface area contributed by atoms with Crippen molar-refractivity contribution < 1.29 is 23.4 Å². The number of carbonyl (C=O) groups is 1. The average molecular weight is 246 g/mol. The van der Waals surface area contributed by atoms with E-state index in [9.17, 15) is 13.2 Å². The summed E-state index contributed by atoms with van der Waals surface area (Å²) in [6, 6.07) is 0. The Morgan fingerprint density at radius 2 is 2.12 bits per heavy atom. The van der Waals surface area contributed by atoms with Crippen LogP contribution in [0.5, 0.6) is 0 Å². The minimum Gasteiger partial charge on any atom is -0.476 e. The lowest BCUT2D eigenvalue weighted by Crippen LogP contribution is -2.11. The summed E-state index contributed by atoms with van der Waals surface area (Å²) in [5, 5.41) is 21.4. The van der Waals surface area contributed by atoms with E-state index < -0.39 is 15.8 Å². The summed E-state index contributed by atoms with van der Waals surface area (Å²) >= 11 is 0. The van der Waals surface area contributed by atoms with Gasteiger partial charge >= 0.3 is 5.97 Å². The van der Waals surface area contributed by atoms with Crippen LogP contribution < -0.4 is 0 Å². The number of sulfone groups is 1. The van der Waals surface area contributed by atoms with Gasteiger partial charge in [0.1, 0.15) is 0 Å². The fraction of sp³-hybridized carbons (Fsp3) is 0.500. The van der Waals surface area contributed by atoms with Gasteiger partial charge in [-0.25, -0.2) is 13.2 Å². The molecule has 0 amide bonds. The van der Waals surface area contributed by atoms with Crippen LogP contribution >= 0.6 is 0 Å². The molecule has 2 heterocycles. The first-order valence-electron chi connectivity index (χ1n) is 4.58. The predicted octanol–water partition coefficient (Wildman–Crippen LogP) is -0.998. The zero-order valence-electron chi connectivity index (χ0n) is 8.25. The zero-order valence-corrected chi connectivity index (χ0v) is 9.07. The topological polar surface area (TPSA) is 109 Å². The second-order valence-corrected chi connectivity index (χ2v) is 5.62. The molecule has 0 atom stereocenters. The molecule has 0 spiro atoms. The number of nitrogens with zero attached hydrogens (tertiary/aromatic N) is 2. The molecular weight excluding hydrogens is 236 g/mol. The molecule has 0 aromatic carbocycles. The first-order chi connectivity index (χ1) is 7.44. The van der Waals surface area contributed by atoms with Crippen molar-refractivity contribution in [1.29, 1.82) is 0 Å². The number of hydrogen-bond donors (Lipinski definition) is 2. The van der Waals surface area contributed by atoms with E-state index in [0.717, 1.165) is 0 Å². The zero-order chi connectivity index (χ0) is 11.9. The van der Waals surface area contributed by atoms with Gasteiger partial charge in [-0.3, -0.25) is 4.68 Å². The Hall–Kier alpha value is -1.41. The van der Waals surface area contributed by atoms with Crippen molar-refractivity contribution >= 4 is 15.8 Å². The number of carboxylic acid groups (broad SMARTS) is 1. The summed E-state index contributed by atoms with van der Waals surface area (Å²) < 4.78 is 24.0. The summed E-state index contributed by atoms with van der Waals surface area (Å²) in [6.45, 7) is -0.113. The summed E-state index contributed by atoms with van der Waals surface area (Å²) in [7, 11) is -3.26. The number of aliphatic hydroxyl groups excluding tert-OH is 1. The van der Waals surface area contributed by atoms with Crippen LogP contribution in [0.4, 0.5) is 0 Å². The van der Waals surface area contributed by atoms with Crippen molar-refractivity contribution in [3.63, 3.8) is 0 Å². The molecule has 1 aliphatic rings. The highest BCUT2D eigenvalue weighted by Gasteiger charge is 2.34. The standard InChI is InChI=1S/C8H10N2O5S/c11-2-1-10-6-4-16(14,15)3-5(6)7(9-10)8(12)13/h11H,1-4H2,(H,12,13). The lowest BCUT2D eigenvalue weighted by molar-refractivity contribution is 0.0688. The lowest BCUT2D eigenvalue weighted by atomic mass is 10.2. The van der Waals surface area contributed by atoms with Crippen LogP contribution in [0.25, 0.3) is 0 Å². The van der Waals surface area contributed by atoms with Gasteiger partial charge in [0.05, 0.1) is 30.4 Å². The van der Waals surface area contributed by atoms with Gasteiger partial charge in [-0.1, -0.05) is 0 Å². The lowest BCUT2D eigenvalue weighted by Gasteiger charge is -2.01. The minimum absolute atomic E-state index is 0.102. The molecule has 88 valence electrons.